The third-order valence-corrected chi connectivity index (χ3v) is 4.33. The Morgan fingerprint density at radius 1 is 1.04 bits per heavy atom. The number of ether oxygens (including phenoxy) is 1. The minimum Gasteiger partial charge on any atom is -0.444 e. The zero-order valence-electron chi connectivity index (χ0n) is 15.0. The van der Waals surface area contributed by atoms with Crippen molar-refractivity contribution in [3.05, 3.63) is 72.1 Å². The molecule has 2 heterocycles. The van der Waals surface area contributed by atoms with Crippen molar-refractivity contribution in [2.24, 2.45) is 5.16 Å². The maximum absolute atomic E-state index is 5.48. The second-order valence-corrected chi connectivity index (χ2v) is 6.21. The Labute approximate surface area is 158 Å². The van der Waals surface area contributed by atoms with Crippen LogP contribution >= 0.6 is 0 Å². The molecule has 0 saturated carbocycles. The first-order valence-electron chi connectivity index (χ1n) is 8.96. The summed E-state index contributed by atoms with van der Waals surface area (Å²) in [5, 5.41) is 4.02. The molecular formula is C21H21N3O3. The number of nitrogens with zero attached hydrogens (tertiary/aromatic N) is 3. The molecule has 3 aromatic rings. The van der Waals surface area contributed by atoms with Gasteiger partial charge < -0.3 is 18.9 Å². The van der Waals surface area contributed by atoms with E-state index in [1.807, 2.05) is 42.5 Å². The van der Waals surface area contributed by atoms with E-state index in [1.165, 1.54) is 5.69 Å². The number of rotatable bonds is 6. The molecular weight excluding hydrogens is 342 g/mol. The van der Waals surface area contributed by atoms with Crippen LogP contribution in [0, 0.1) is 0 Å². The Balaban J connectivity index is 1.29. The van der Waals surface area contributed by atoms with E-state index < -0.39 is 0 Å². The maximum atomic E-state index is 5.48. The van der Waals surface area contributed by atoms with Crippen molar-refractivity contribution in [2.45, 2.75) is 6.61 Å². The molecule has 0 aliphatic carbocycles. The van der Waals surface area contributed by atoms with Crippen LogP contribution in [0.25, 0.3) is 11.5 Å². The number of oxazole rings is 1. The van der Waals surface area contributed by atoms with Crippen LogP contribution in [0.1, 0.15) is 11.3 Å². The molecule has 1 aliphatic heterocycles. The summed E-state index contributed by atoms with van der Waals surface area (Å²) in [6.07, 6.45) is 3.29. The minimum atomic E-state index is 0.263. The summed E-state index contributed by atoms with van der Waals surface area (Å²) < 4.78 is 10.9. The SMILES string of the molecule is C(=NOCc1coc(-c2ccccc2)n1)c1ccc(N2CCOCC2)cc1. The molecule has 0 amide bonds. The standard InChI is InChI=1S/C21H21N3O3/c1-2-4-18(5-3-1)21-23-19(15-26-21)16-27-22-14-17-6-8-20(9-7-17)24-10-12-25-13-11-24/h1-9,14-15H,10-13,16H2. The third kappa shape index (κ3) is 4.54. The summed E-state index contributed by atoms with van der Waals surface area (Å²) in [6.45, 7) is 3.69. The molecule has 1 aliphatic rings. The van der Waals surface area contributed by atoms with Crippen molar-refractivity contribution in [3.8, 4) is 11.5 Å². The fourth-order valence-electron chi connectivity index (χ4n) is 2.88. The molecule has 138 valence electrons. The third-order valence-electron chi connectivity index (χ3n) is 4.33. The van der Waals surface area contributed by atoms with Crippen LogP contribution in [0.5, 0.6) is 0 Å². The molecule has 2 aromatic carbocycles. The molecule has 0 unspecified atom stereocenters. The quantitative estimate of drug-likeness (QED) is 0.493. The lowest BCUT2D eigenvalue weighted by atomic mass is 10.2. The van der Waals surface area contributed by atoms with Crippen molar-refractivity contribution in [2.75, 3.05) is 31.2 Å². The lowest BCUT2D eigenvalue weighted by Gasteiger charge is -2.28. The van der Waals surface area contributed by atoms with Gasteiger partial charge in [-0.15, -0.1) is 0 Å². The van der Waals surface area contributed by atoms with Crippen molar-refractivity contribution in [1.82, 2.24) is 4.98 Å². The monoisotopic (exact) mass is 363 g/mol. The first kappa shape index (κ1) is 17.3. The highest BCUT2D eigenvalue weighted by atomic mass is 16.6. The highest BCUT2D eigenvalue weighted by Gasteiger charge is 2.10. The van der Waals surface area contributed by atoms with Crippen LogP contribution in [0.4, 0.5) is 5.69 Å². The van der Waals surface area contributed by atoms with E-state index in [9.17, 15) is 0 Å². The molecule has 1 aromatic heterocycles. The van der Waals surface area contributed by atoms with Gasteiger partial charge in [0, 0.05) is 24.3 Å². The lowest BCUT2D eigenvalue weighted by molar-refractivity contribution is 0.122. The Morgan fingerprint density at radius 3 is 2.59 bits per heavy atom. The Kier molecular flexibility index (Phi) is 5.45. The van der Waals surface area contributed by atoms with E-state index >= 15 is 0 Å². The Morgan fingerprint density at radius 2 is 1.81 bits per heavy atom. The van der Waals surface area contributed by atoms with Gasteiger partial charge in [-0.2, -0.15) is 0 Å². The predicted octanol–water partition coefficient (Wildman–Crippen LogP) is 3.73. The number of anilines is 1. The highest BCUT2D eigenvalue weighted by molar-refractivity contribution is 5.79. The van der Waals surface area contributed by atoms with E-state index in [2.05, 4.69) is 27.2 Å². The smallest absolute Gasteiger partial charge is 0.226 e. The molecule has 0 bridgehead atoms. The van der Waals surface area contributed by atoms with E-state index in [-0.39, 0.29) is 6.61 Å². The van der Waals surface area contributed by atoms with Crippen LogP contribution in [-0.4, -0.2) is 37.5 Å². The van der Waals surface area contributed by atoms with Crippen LogP contribution in [0.2, 0.25) is 0 Å². The first-order chi connectivity index (χ1) is 13.4. The maximum Gasteiger partial charge on any atom is 0.226 e. The van der Waals surface area contributed by atoms with Gasteiger partial charge in [-0.3, -0.25) is 0 Å². The van der Waals surface area contributed by atoms with Gasteiger partial charge in [0.1, 0.15) is 12.0 Å². The van der Waals surface area contributed by atoms with Gasteiger partial charge in [0.25, 0.3) is 0 Å². The Hall–Kier alpha value is -3.12. The first-order valence-corrected chi connectivity index (χ1v) is 8.96. The van der Waals surface area contributed by atoms with E-state index in [4.69, 9.17) is 14.0 Å². The number of hydrogen-bond donors (Lipinski definition) is 0. The normalized spacial score (nSPS) is 14.6. The fraction of sp³-hybridized carbons (Fsp3) is 0.238. The summed E-state index contributed by atoms with van der Waals surface area (Å²) in [5.41, 5.74) is 3.82. The zero-order valence-corrected chi connectivity index (χ0v) is 15.0. The van der Waals surface area contributed by atoms with Gasteiger partial charge in [-0.05, 0) is 29.8 Å². The topological polar surface area (TPSA) is 60.1 Å². The fourth-order valence-corrected chi connectivity index (χ4v) is 2.88. The summed E-state index contributed by atoms with van der Waals surface area (Å²) >= 11 is 0. The minimum absolute atomic E-state index is 0.263. The summed E-state index contributed by atoms with van der Waals surface area (Å²) in [6, 6.07) is 18.0. The second kappa shape index (κ2) is 8.51. The molecule has 1 fully saturated rings. The summed E-state index contributed by atoms with van der Waals surface area (Å²) in [4.78, 5) is 12.1. The molecule has 0 radical (unpaired) electrons. The summed E-state index contributed by atoms with van der Waals surface area (Å²) in [5.74, 6) is 0.580. The average molecular weight is 363 g/mol. The van der Waals surface area contributed by atoms with E-state index in [0.717, 1.165) is 37.4 Å². The van der Waals surface area contributed by atoms with Gasteiger partial charge in [-0.1, -0.05) is 35.5 Å². The van der Waals surface area contributed by atoms with Gasteiger partial charge in [0.15, 0.2) is 6.61 Å². The lowest BCUT2D eigenvalue weighted by Crippen LogP contribution is -2.36. The molecule has 1 saturated heterocycles. The highest BCUT2D eigenvalue weighted by Crippen LogP contribution is 2.18. The van der Waals surface area contributed by atoms with Crippen LogP contribution in [0.3, 0.4) is 0 Å². The molecule has 0 N–H and O–H groups in total. The predicted molar refractivity (Wildman–Crippen MR) is 104 cm³/mol. The largest absolute Gasteiger partial charge is 0.444 e. The number of morpholine rings is 1. The van der Waals surface area contributed by atoms with Gasteiger partial charge >= 0.3 is 0 Å². The molecule has 0 spiro atoms. The number of benzene rings is 2. The van der Waals surface area contributed by atoms with Gasteiger partial charge in [0.2, 0.25) is 5.89 Å². The number of aromatic nitrogens is 1. The van der Waals surface area contributed by atoms with E-state index in [0.29, 0.717) is 11.6 Å². The molecule has 4 rings (SSSR count). The Bertz CT molecular complexity index is 869. The molecule has 6 nitrogen and oxygen atoms in total. The van der Waals surface area contributed by atoms with Crippen molar-refractivity contribution in [3.63, 3.8) is 0 Å². The average Bonchev–Trinajstić information content (AvgIpc) is 3.22. The summed E-state index contributed by atoms with van der Waals surface area (Å²) in [7, 11) is 0. The van der Waals surface area contributed by atoms with Crippen LogP contribution in [-0.2, 0) is 16.2 Å². The molecule has 27 heavy (non-hydrogen) atoms. The van der Waals surface area contributed by atoms with Crippen LogP contribution in [0.15, 0.2) is 70.4 Å². The van der Waals surface area contributed by atoms with Gasteiger partial charge in [0.05, 0.1) is 19.4 Å². The van der Waals surface area contributed by atoms with Crippen molar-refractivity contribution < 1.29 is 14.0 Å². The van der Waals surface area contributed by atoms with E-state index in [1.54, 1.807) is 12.5 Å². The number of hydrogen-bond acceptors (Lipinski definition) is 6. The van der Waals surface area contributed by atoms with Gasteiger partial charge in [-0.25, -0.2) is 4.98 Å². The van der Waals surface area contributed by atoms with Crippen molar-refractivity contribution in [1.29, 1.82) is 0 Å². The van der Waals surface area contributed by atoms with Crippen LogP contribution < -0.4 is 4.90 Å². The number of oxime groups is 1. The zero-order chi connectivity index (χ0) is 18.3. The second-order valence-electron chi connectivity index (χ2n) is 6.21. The molecule has 0 atom stereocenters. The molecule has 6 heteroatoms. The van der Waals surface area contributed by atoms with Crippen molar-refractivity contribution >= 4 is 11.9 Å².